The van der Waals surface area contributed by atoms with Gasteiger partial charge in [0.15, 0.2) is 5.16 Å². The second-order valence-electron chi connectivity index (χ2n) is 5.72. The van der Waals surface area contributed by atoms with Crippen LogP contribution in [0.15, 0.2) is 66.3 Å². The van der Waals surface area contributed by atoms with Crippen LogP contribution in [-0.2, 0) is 11.3 Å². The van der Waals surface area contributed by atoms with Gasteiger partial charge in [-0.2, -0.15) is 5.26 Å². The number of nitriles is 1. The fourth-order valence-electron chi connectivity index (χ4n) is 2.57. The maximum Gasteiger partial charge on any atom is 0.237 e. The fraction of sp³-hybridized carbons (Fsp3) is 0.150. The standard InChI is InChI=1S/C20H18N4OS/c1-3-11-24-18-10-5-4-9-17(18)23-20(24)26-14(2)19(25)22-16-8-6-7-15(12-16)13-21/h3-10,12,14H,1,11H2,2H3,(H,22,25)/t14-/m0/s1. The number of aromatic nitrogens is 2. The molecule has 6 heteroatoms. The molecule has 0 aliphatic heterocycles. The first-order valence-corrected chi connectivity index (χ1v) is 9.04. The SMILES string of the molecule is C=CCn1c(S[C@@H](C)C(=O)Nc2cccc(C#N)c2)nc2ccccc21. The molecule has 0 radical (unpaired) electrons. The number of rotatable bonds is 6. The van der Waals surface area contributed by atoms with Crippen LogP contribution in [0.1, 0.15) is 12.5 Å². The summed E-state index contributed by atoms with van der Waals surface area (Å²) in [6.07, 6.45) is 1.82. The highest BCUT2D eigenvalue weighted by Crippen LogP contribution is 2.28. The van der Waals surface area contributed by atoms with Crippen molar-refractivity contribution < 1.29 is 4.79 Å². The molecule has 1 N–H and O–H groups in total. The molecule has 5 nitrogen and oxygen atoms in total. The topological polar surface area (TPSA) is 70.7 Å². The molecule has 0 aliphatic rings. The van der Waals surface area contributed by atoms with Gasteiger partial charge in [-0.15, -0.1) is 6.58 Å². The van der Waals surface area contributed by atoms with E-state index in [-0.39, 0.29) is 11.2 Å². The van der Waals surface area contributed by atoms with Crippen LogP contribution in [0.5, 0.6) is 0 Å². The van der Waals surface area contributed by atoms with Gasteiger partial charge >= 0.3 is 0 Å². The van der Waals surface area contributed by atoms with Gasteiger partial charge in [0.25, 0.3) is 0 Å². The Morgan fingerprint density at radius 3 is 2.96 bits per heavy atom. The number of amides is 1. The van der Waals surface area contributed by atoms with E-state index in [9.17, 15) is 4.79 Å². The minimum absolute atomic E-state index is 0.137. The number of para-hydroxylation sites is 2. The Balaban J connectivity index is 1.78. The molecule has 3 rings (SSSR count). The lowest BCUT2D eigenvalue weighted by atomic mass is 10.2. The predicted molar refractivity (Wildman–Crippen MR) is 105 cm³/mol. The molecule has 3 aromatic rings. The zero-order valence-corrected chi connectivity index (χ0v) is 15.2. The molecule has 0 spiro atoms. The predicted octanol–water partition coefficient (Wildman–Crippen LogP) is 4.21. The highest BCUT2D eigenvalue weighted by Gasteiger charge is 2.19. The molecular formula is C20H18N4OS. The molecule has 0 saturated carbocycles. The average molecular weight is 362 g/mol. The summed E-state index contributed by atoms with van der Waals surface area (Å²) in [6.45, 7) is 6.27. The van der Waals surface area contributed by atoms with Gasteiger partial charge in [0.1, 0.15) is 0 Å². The molecule has 1 atom stereocenters. The number of anilines is 1. The second-order valence-corrected chi connectivity index (χ2v) is 7.03. The number of hydrogen-bond acceptors (Lipinski definition) is 4. The van der Waals surface area contributed by atoms with E-state index >= 15 is 0 Å². The Labute approximate surface area is 156 Å². The summed E-state index contributed by atoms with van der Waals surface area (Å²) in [4.78, 5) is 17.2. The van der Waals surface area contributed by atoms with Gasteiger partial charge in [-0.3, -0.25) is 4.79 Å². The summed E-state index contributed by atoms with van der Waals surface area (Å²) in [7, 11) is 0. The number of thioether (sulfide) groups is 1. The number of imidazole rings is 1. The minimum Gasteiger partial charge on any atom is -0.325 e. The molecule has 26 heavy (non-hydrogen) atoms. The van der Waals surface area contributed by atoms with Crippen molar-refractivity contribution >= 4 is 34.4 Å². The van der Waals surface area contributed by atoms with Gasteiger partial charge < -0.3 is 9.88 Å². The van der Waals surface area contributed by atoms with E-state index in [0.29, 0.717) is 17.8 Å². The lowest BCUT2D eigenvalue weighted by Gasteiger charge is -2.13. The van der Waals surface area contributed by atoms with Crippen molar-refractivity contribution in [2.75, 3.05) is 5.32 Å². The van der Waals surface area contributed by atoms with Gasteiger partial charge in [0.2, 0.25) is 5.91 Å². The van der Waals surface area contributed by atoms with E-state index in [1.165, 1.54) is 11.8 Å². The summed E-state index contributed by atoms with van der Waals surface area (Å²) in [6, 6.07) is 16.8. The highest BCUT2D eigenvalue weighted by atomic mass is 32.2. The molecular weight excluding hydrogens is 344 g/mol. The Morgan fingerprint density at radius 2 is 2.19 bits per heavy atom. The summed E-state index contributed by atoms with van der Waals surface area (Å²) in [5.41, 5.74) is 3.03. The normalized spacial score (nSPS) is 11.7. The number of carbonyl (C=O) groups is 1. The van der Waals surface area contributed by atoms with E-state index in [1.54, 1.807) is 24.3 Å². The Kier molecular flexibility index (Phi) is 5.40. The van der Waals surface area contributed by atoms with E-state index < -0.39 is 0 Å². The second kappa shape index (κ2) is 7.89. The number of nitrogens with zero attached hydrogens (tertiary/aromatic N) is 3. The summed E-state index contributed by atoms with van der Waals surface area (Å²) in [5.74, 6) is -0.137. The first-order valence-electron chi connectivity index (χ1n) is 8.16. The van der Waals surface area contributed by atoms with E-state index in [2.05, 4.69) is 22.9 Å². The molecule has 130 valence electrons. The molecule has 1 heterocycles. The molecule has 0 aliphatic carbocycles. The summed E-state index contributed by atoms with van der Waals surface area (Å²) in [5, 5.41) is 12.2. The smallest absolute Gasteiger partial charge is 0.237 e. The molecule has 0 fully saturated rings. The van der Waals surface area contributed by atoms with Crippen LogP contribution >= 0.6 is 11.8 Å². The maximum absolute atomic E-state index is 12.5. The van der Waals surface area contributed by atoms with Crippen molar-refractivity contribution in [3.63, 3.8) is 0 Å². The minimum atomic E-state index is -0.346. The monoisotopic (exact) mass is 362 g/mol. The van der Waals surface area contributed by atoms with Crippen molar-refractivity contribution in [2.24, 2.45) is 0 Å². The fourth-order valence-corrected chi connectivity index (χ4v) is 3.50. The average Bonchev–Trinajstić information content (AvgIpc) is 2.99. The van der Waals surface area contributed by atoms with Crippen molar-refractivity contribution in [2.45, 2.75) is 23.9 Å². The van der Waals surface area contributed by atoms with Crippen LogP contribution in [0.25, 0.3) is 11.0 Å². The van der Waals surface area contributed by atoms with Crippen LogP contribution in [0.2, 0.25) is 0 Å². The lowest BCUT2D eigenvalue weighted by molar-refractivity contribution is -0.115. The number of nitrogens with one attached hydrogen (secondary N) is 1. The zero-order valence-electron chi connectivity index (χ0n) is 14.3. The number of carbonyl (C=O) groups excluding carboxylic acids is 1. The van der Waals surface area contributed by atoms with Gasteiger partial charge in [-0.25, -0.2) is 4.98 Å². The van der Waals surface area contributed by atoms with E-state index in [4.69, 9.17) is 5.26 Å². The Bertz CT molecular complexity index is 1000. The van der Waals surface area contributed by atoms with Crippen molar-refractivity contribution in [3.8, 4) is 6.07 Å². The van der Waals surface area contributed by atoms with Crippen molar-refractivity contribution in [1.82, 2.24) is 9.55 Å². The Hall–Kier alpha value is -3.04. The highest BCUT2D eigenvalue weighted by molar-refractivity contribution is 8.00. The van der Waals surface area contributed by atoms with Crippen molar-refractivity contribution in [1.29, 1.82) is 5.26 Å². The molecule has 0 unspecified atom stereocenters. The third-order valence-corrected chi connectivity index (χ3v) is 4.93. The first-order chi connectivity index (χ1) is 12.6. The van der Waals surface area contributed by atoms with Gasteiger partial charge in [0.05, 0.1) is 27.9 Å². The summed E-state index contributed by atoms with van der Waals surface area (Å²) < 4.78 is 2.05. The summed E-state index contributed by atoms with van der Waals surface area (Å²) >= 11 is 1.40. The number of benzene rings is 2. The van der Waals surface area contributed by atoms with Crippen LogP contribution in [0.3, 0.4) is 0 Å². The van der Waals surface area contributed by atoms with Gasteiger partial charge in [0, 0.05) is 12.2 Å². The molecule has 0 bridgehead atoms. The maximum atomic E-state index is 12.5. The molecule has 2 aromatic carbocycles. The molecule has 1 amide bonds. The van der Waals surface area contributed by atoms with Crippen LogP contribution < -0.4 is 5.32 Å². The lowest BCUT2D eigenvalue weighted by Crippen LogP contribution is -2.23. The van der Waals surface area contributed by atoms with Gasteiger partial charge in [-0.05, 0) is 37.3 Å². The van der Waals surface area contributed by atoms with Crippen molar-refractivity contribution in [3.05, 3.63) is 66.7 Å². The third-order valence-electron chi connectivity index (χ3n) is 3.84. The van der Waals surface area contributed by atoms with Crippen LogP contribution in [0, 0.1) is 11.3 Å². The van der Waals surface area contributed by atoms with E-state index in [1.807, 2.05) is 41.8 Å². The first kappa shape index (κ1) is 17.8. The van der Waals surface area contributed by atoms with Gasteiger partial charge in [-0.1, -0.05) is 36.0 Å². The number of fused-ring (bicyclic) bond motifs is 1. The quantitative estimate of drug-likeness (QED) is 0.527. The van der Waals surface area contributed by atoms with Crippen LogP contribution in [0.4, 0.5) is 5.69 Å². The number of allylic oxidation sites excluding steroid dienone is 1. The molecule has 1 aromatic heterocycles. The Morgan fingerprint density at radius 1 is 1.38 bits per heavy atom. The van der Waals surface area contributed by atoms with E-state index in [0.717, 1.165) is 16.2 Å². The molecule has 0 saturated heterocycles. The zero-order chi connectivity index (χ0) is 18.5. The largest absolute Gasteiger partial charge is 0.325 e. The third kappa shape index (κ3) is 3.79. The number of hydrogen-bond donors (Lipinski definition) is 1. The van der Waals surface area contributed by atoms with Crippen LogP contribution in [-0.4, -0.2) is 20.7 Å².